The van der Waals surface area contributed by atoms with Crippen LogP contribution in [0.3, 0.4) is 0 Å². The molecule has 0 amide bonds. The van der Waals surface area contributed by atoms with Gasteiger partial charge in [-0.05, 0) is 52.1 Å². The molecule has 1 rings (SSSR count). The summed E-state index contributed by atoms with van der Waals surface area (Å²) in [5, 5.41) is 3.77. The van der Waals surface area contributed by atoms with Crippen molar-refractivity contribution in [3.05, 3.63) is 0 Å². The van der Waals surface area contributed by atoms with Crippen molar-refractivity contribution in [1.82, 2.24) is 10.2 Å². The van der Waals surface area contributed by atoms with Gasteiger partial charge in [0.25, 0.3) is 0 Å². The zero-order valence-corrected chi connectivity index (χ0v) is 12.2. The van der Waals surface area contributed by atoms with E-state index in [1.807, 2.05) is 0 Å². The first-order chi connectivity index (χ1) is 7.14. The van der Waals surface area contributed by atoms with Gasteiger partial charge in [-0.3, -0.25) is 0 Å². The maximum absolute atomic E-state index is 3.77. The zero-order valence-electron chi connectivity index (χ0n) is 12.2. The zero-order chi connectivity index (χ0) is 12.6. The molecule has 0 aromatic carbocycles. The molecule has 2 nitrogen and oxygen atoms in total. The minimum Gasteiger partial charge on any atom is -0.312 e. The van der Waals surface area contributed by atoms with Gasteiger partial charge in [0.15, 0.2) is 0 Å². The third-order valence-electron chi connectivity index (χ3n) is 4.34. The molecule has 0 aromatic heterocycles. The quantitative estimate of drug-likeness (QED) is 0.793. The van der Waals surface area contributed by atoms with Crippen LogP contribution in [-0.2, 0) is 0 Å². The summed E-state index contributed by atoms with van der Waals surface area (Å²) in [6.45, 7) is 12.8. The van der Waals surface area contributed by atoms with Crippen LogP contribution in [0.4, 0.5) is 0 Å². The Bertz CT molecular complexity index is 231. The van der Waals surface area contributed by atoms with E-state index in [2.05, 4.69) is 58.9 Å². The summed E-state index contributed by atoms with van der Waals surface area (Å²) in [4.78, 5) is 2.30. The van der Waals surface area contributed by atoms with Crippen LogP contribution in [-0.4, -0.2) is 37.1 Å². The topological polar surface area (TPSA) is 15.3 Å². The lowest BCUT2D eigenvalue weighted by Crippen LogP contribution is -2.49. The van der Waals surface area contributed by atoms with Crippen LogP contribution >= 0.6 is 0 Å². The molecule has 1 saturated carbocycles. The lowest BCUT2D eigenvalue weighted by atomic mass is 9.91. The van der Waals surface area contributed by atoms with Crippen LogP contribution < -0.4 is 5.32 Å². The SMILES string of the molecule is CC1CC(C)(C)CC1NCC(C)(C)N(C)C. The third kappa shape index (κ3) is 3.46. The van der Waals surface area contributed by atoms with Gasteiger partial charge in [-0.1, -0.05) is 20.8 Å². The summed E-state index contributed by atoms with van der Waals surface area (Å²) in [7, 11) is 4.31. The fourth-order valence-electron chi connectivity index (χ4n) is 2.71. The predicted molar refractivity (Wildman–Crippen MR) is 71.7 cm³/mol. The second kappa shape index (κ2) is 4.66. The van der Waals surface area contributed by atoms with Crippen LogP contribution in [0.25, 0.3) is 0 Å². The van der Waals surface area contributed by atoms with E-state index in [1.54, 1.807) is 0 Å². The smallest absolute Gasteiger partial charge is 0.0271 e. The molecule has 1 N–H and O–H groups in total. The summed E-state index contributed by atoms with van der Waals surface area (Å²) in [6, 6.07) is 0.703. The van der Waals surface area contributed by atoms with E-state index in [0.29, 0.717) is 11.5 Å². The standard InChI is InChI=1S/C14H30N2/c1-11-8-13(2,3)9-12(11)15-10-14(4,5)16(6)7/h11-12,15H,8-10H2,1-7H3. The molecule has 0 aromatic rings. The van der Waals surface area contributed by atoms with Crippen LogP contribution in [0.1, 0.15) is 47.5 Å². The molecule has 0 bridgehead atoms. The van der Waals surface area contributed by atoms with Gasteiger partial charge < -0.3 is 10.2 Å². The van der Waals surface area contributed by atoms with E-state index in [0.717, 1.165) is 12.5 Å². The fraction of sp³-hybridized carbons (Fsp3) is 1.00. The van der Waals surface area contributed by atoms with E-state index in [9.17, 15) is 0 Å². The van der Waals surface area contributed by atoms with Crippen molar-refractivity contribution >= 4 is 0 Å². The summed E-state index contributed by atoms with van der Waals surface area (Å²) in [5.41, 5.74) is 0.770. The van der Waals surface area contributed by atoms with Gasteiger partial charge in [0.2, 0.25) is 0 Å². The Balaban J connectivity index is 2.45. The molecule has 0 heterocycles. The lowest BCUT2D eigenvalue weighted by molar-refractivity contribution is 0.180. The van der Waals surface area contributed by atoms with Gasteiger partial charge in [-0.25, -0.2) is 0 Å². The van der Waals surface area contributed by atoms with Crippen molar-refractivity contribution in [1.29, 1.82) is 0 Å². The number of rotatable bonds is 4. The summed E-state index contributed by atoms with van der Waals surface area (Å²) >= 11 is 0. The molecule has 1 aliphatic carbocycles. The number of hydrogen-bond donors (Lipinski definition) is 1. The van der Waals surface area contributed by atoms with Crippen molar-refractivity contribution < 1.29 is 0 Å². The van der Waals surface area contributed by atoms with Crippen molar-refractivity contribution in [2.75, 3.05) is 20.6 Å². The largest absolute Gasteiger partial charge is 0.312 e. The number of hydrogen-bond acceptors (Lipinski definition) is 2. The van der Waals surface area contributed by atoms with E-state index in [-0.39, 0.29) is 5.54 Å². The van der Waals surface area contributed by atoms with Gasteiger partial charge in [-0.15, -0.1) is 0 Å². The van der Waals surface area contributed by atoms with Crippen molar-refractivity contribution in [2.24, 2.45) is 11.3 Å². The molecule has 1 fully saturated rings. The molecular weight excluding hydrogens is 196 g/mol. The minimum absolute atomic E-state index is 0.243. The molecule has 16 heavy (non-hydrogen) atoms. The number of nitrogens with one attached hydrogen (secondary N) is 1. The van der Waals surface area contributed by atoms with Crippen molar-refractivity contribution in [3.8, 4) is 0 Å². The fourth-order valence-corrected chi connectivity index (χ4v) is 2.71. The Labute approximate surface area is 102 Å². The monoisotopic (exact) mass is 226 g/mol. The highest BCUT2D eigenvalue weighted by atomic mass is 15.2. The Morgan fingerprint density at radius 3 is 2.19 bits per heavy atom. The predicted octanol–water partition coefficient (Wildman–Crippen LogP) is 2.74. The molecule has 96 valence electrons. The molecule has 0 aliphatic heterocycles. The Morgan fingerprint density at radius 2 is 1.81 bits per heavy atom. The van der Waals surface area contributed by atoms with Crippen LogP contribution in [0.5, 0.6) is 0 Å². The third-order valence-corrected chi connectivity index (χ3v) is 4.34. The highest BCUT2D eigenvalue weighted by molar-refractivity contribution is 4.93. The lowest BCUT2D eigenvalue weighted by Gasteiger charge is -2.34. The van der Waals surface area contributed by atoms with Gasteiger partial charge in [-0.2, -0.15) is 0 Å². The van der Waals surface area contributed by atoms with E-state index >= 15 is 0 Å². The average molecular weight is 226 g/mol. The first-order valence-electron chi connectivity index (χ1n) is 6.55. The highest BCUT2D eigenvalue weighted by Gasteiger charge is 2.37. The first kappa shape index (κ1) is 14.0. The molecule has 2 heteroatoms. The van der Waals surface area contributed by atoms with E-state index in [1.165, 1.54) is 12.8 Å². The van der Waals surface area contributed by atoms with Crippen LogP contribution in [0, 0.1) is 11.3 Å². The van der Waals surface area contributed by atoms with Gasteiger partial charge >= 0.3 is 0 Å². The molecule has 2 unspecified atom stereocenters. The van der Waals surface area contributed by atoms with E-state index in [4.69, 9.17) is 0 Å². The molecule has 1 aliphatic rings. The maximum Gasteiger partial charge on any atom is 0.0271 e. The summed E-state index contributed by atoms with van der Waals surface area (Å²) in [6.07, 6.45) is 2.67. The van der Waals surface area contributed by atoms with Gasteiger partial charge in [0.1, 0.15) is 0 Å². The molecule has 2 atom stereocenters. The van der Waals surface area contributed by atoms with Crippen LogP contribution in [0.15, 0.2) is 0 Å². The normalized spacial score (nSPS) is 30.0. The minimum atomic E-state index is 0.243. The average Bonchev–Trinajstić information content (AvgIpc) is 2.36. The highest BCUT2D eigenvalue weighted by Crippen LogP contribution is 2.40. The number of likely N-dealkylation sites (N-methyl/N-ethyl adjacent to an activating group) is 1. The van der Waals surface area contributed by atoms with E-state index < -0.39 is 0 Å². The molecule has 0 radical (unpaired) electrons. The Morgan fingerprint density at radius 1 is 1.25 bits per heavy atom. The van der Waals surface area contributed by atoms with Gasteiger partial charge in [0.05, 0.1) is 0 Å². The molecular formula is C14H30N2. The second-order valence-electron chi connectivity index (χ2n) is 7.24. The molecule has 0 saturated heterocycles. The van der Waals surface area contributed by atoms with Crippen LogP contribution in [0.2, 0.25) is 0 Å². The summed E-state index contributed by atoms with van der Waals surface area (Å²) < 4.78 is 0. The maximum atomic E-state index is 3.77. The first-order valence-corrected chi connectivity index (χ1v) is 6.55. The molecule has 0 spiro atoms. The van der Waals surface area contributed by atoms with Gasteiger partial charge in [0, 0.05) is 18.1 Å². The van der Waals surface area contributed by atoms with Crippen molar-refractivity contribution in [2.45, 2.75) is 59.0 Å². The number of nitrogens with zero attached hydrogens (tertiary/aromatic N) is 1. The Kier molecular flexibility index (Phi) is 4.07. The second-order valence-corrected chi connectivity index (χ2v) is 7.24. The Hall–Kier alpha value is -0.0800. The summed E-state index contributed by atoms with van der Waals surface area (Å²) in [5.74, 6) is 0.813. The van der Waals surface area contributed by atoms with Crippen molar-refractivity contribution in [3.63, 3.8) is 0 Å².